The van der Waals surface area contributed by atoms with Gasteiger partial charge in [-0.1, -0.05) is 18.1 Å². The Morgan fingerprint density at radius 1 is 1.02 bits per heavy atom. The monoisotopic (exact) mass is 559 g/mol. The van der Waals surface area contributed by atoms with Crippen molar-refractivity contribution in [3.63, 3.8) is 0 Å². The number of benzene rings is 2. The van der Waals surface area contributed by atoms with Crippen molar-refractivity contribution in [1.29, 1.82) is 0 Å². The van der Waals surface area contributed by atoms with Gasteiger partial charge in [0.25, 0.3) is 5.91 Å². The molecule has 9 heteroatoms. The fourth-order valence-corrected chi connectivity index (χ4v) is 6.06. The van der Waals surface area contributed by atoms with E-state index in [1.54, 1.807) is 6.20 Å². The standard InChI is InChI=1S/C33H33N7O2/c1-21-19-34-29(36-21)20-35-33(41)23-10-8-22(9-11-23)32-25-6-3-2-5-24(25)30-26(37-32)12-13-28-31(30)27(38-39-28)7-4-14-40-15-17-42-18-16-40/h8-13,19H,2-3,5-6,14-18,20H2,1H3,(H,34,36)(H,35,41)(H,38,39). The molecule has 0 radical (unpaired) electrons. The first kappa shape index (κ1) is 26.4. The fraction of sp³-hybridized carbons (Fsp3) is 0.333. The van der Waals surface area contributed by atoms with Crippen LogP contribution in [0.3, 0.4) is 0 Å². The Hall–Kier alpha value is -4.52. The second kappa shape index (κ2) is 11.4. The van der Waals surface area contributed by atoms with Crippen LogP contribution in [0.4, 0.5) is 0 Å². The van der Waals surface area contributed by atoms with E-state index in [2.05, 4.69) is 48.3 Å². The van der Waals surface area contributed by atoms with Crippen LogP contribution >= 0.6 is 0 Å². The van der Waals surface area contributed by atoms with Crippen molar-refractivity contribution in [2.45, 2.75) is 39.2 Å². The molecular weight excluding hydrogens is 526 g/mol. The lowest BCUT2D eigenvalue weighted by Crippen LogP contribution is -2.36. The van der Waals surface area contributed by atoms with E-state index in [0.29, 0.717) is 18.7 Å². The quantitative estimate of drug-likeness (QED) is 0.277. The van der Waals surface area contributed by atoms with Crippen LogP contribution in [0.1, 0.15) is 51.5 Å². The number of hydrogen-bond acceptors (Lipinski definition) is 6. The zero-order valence-corrected chi connectivity index (χ0v) is 23.7. The number of nitrogens with zero attached hydrogens (tertiary/aromatic N) is 4. The fourth-order valence-electron chi connectivity index (χ4n) is 6.06. The van der Waals surface area contributed by atoms with Crippen molar-refractivity contribution >= 4 is 27.7 Å². The number of H-pyrrole nitrogens is 2. The molecule has 42 heavy (non-hydrogen) atoms. The minimum atomic E-state index is -0.131. The van der Waals surface area contributed by atoms with Gasteiger partial charge in [0.2, 0.25) is 0 Å². The number of pyridine rings is 1. The lowest BCUT2D eigenvalue weighted by Gasteiger charge is -2.24. The van der Waals surface area contributed by atoms with Gasteiger partial charge in [0, 0.05) is 46.9 Å². The summed E-state index contributed by atoms with van der Waals surface area (Å²) >= 11 is 0. The molecule has 0 atom stereocenters. The largest absolute Gasteiger partial charge is 0.379 e. The van der Waals surface area contributed by atoms with E-state index in [1.165, 1.54) is 16.5 Å². The van der Waals surface area contributed by atoms with E-state index in [-0.39, 0.29) is 5.91 Å². The summed E-state index contributed by atoms with van der Waals surface area (Å²) in [6, 6.07) is 11.9. The minimum absolute atomic E-state index is 0.131. The van der Waals surface area contributed by atoms with Crippen molar-refractivity contribution in [3.05, 3.63) is 76.5 Å². The van der Waals surface area contributed by atoms with Crippen LogP contribution < -0.4 is 5.32 Å². The van der Waals surface area contributed by atoms with Crippen LogP contribution in [0.2, 0.25) is 0 Å². The number of aromatic amines is 2. The van der Waals surface area contributed by atoms with Gasteiger partial charge in [-0.15, -0.1) is 0 Å². The summed E-state index contributed by atoms with van der Waals surface area (Å²) in [6.07, 6.45) is 6.01. The summed E-state index contributed by atoms with van der Waals surface area (Å²) in [7, 11) is 0. The van der Waals surface area contributed by atoms with Crippen LogP contribution in [0.15, 0.2) is 42.6 Å². The highest BCUT2D eigenvalue weighted by molar-refractivity contribution is 6.10. The molecule has 212 valence electrons. The van der Waals surface area contributed by atoms with E-state index in [9.17, 15) is 4.79 Å². The molecule has 0 saturated carbocycles. The average Bonchev–Trinajstić information content (AvgIpc) is 3.65. The molecule has 1 saturated heterocycles. The molecule has 4 heterocycles. The molecule has 1 aliphatic heterocycles. The summed E-state index contributed by atoms with van der Waals surface area (Å²) in [6.45, 7) is 6.37. The maximum Gasteiger partial charge on any atom is 0.251 e. The topological polar surface area (TPSA) is 112 Å². The highest BCUT2D eigenvalue weighted by Gasteiger charge is 2.22. The predicted molar refractivity (Wildman–Crippen MR) is 162 cm³/mol. The van der Waals surface area contributed by atoms with Crippen LogP contribution in [0, 0.1) is 18.8 Å². The number of morpholine rings is 1. The second-order valence-corrected chi connectivity index (χ2v) is 11.0. The first-order valence-electron chi connectivity index (χ1n) is 14.6. The van der Waals surface area contributed by atoms with E-state index in [4.69, 9.17) is 9.72 Å². The first-order valence-corrected chi connectivity index (χ1v) is 14.6. The Labute approximate surface area is 244 Å². The molecule has 3 aromatic heterocycles. The van der Waals surface area contributed by atoms with Crippen molar-refractivity contribution in [1.82, 2.24) is 35.4 Å². The maximum atomic E-state index is 12.8. The first-order chi connectivity index (χ1) is 20.6. The van der Waals surface area contributed by atoms with Gasteiger partial charge < -0.3 is 15.0 Å². The lowest BCUT2D eigenvalue weighted by molar-refractivity contribution is 0.0443. The normalized spacial score (nSPS) is 15.4. The molecule has 2 aliphatic rings. The molecule has 1 amide bonds. The van der Waals surface area contributed by atoms with Gasteiger partial charge in [-0.25, -0.2) is 9.97 Å². The van der Waals surface area contributed by atoms with E-state index < -0.39 is 0 Å². The molecule has 0 bridgehead atoms. The van der Waals surface area contributed by atoms with Gasteiger partial charge in [0.15, 0.2) is 0 Å². The highest BCUT2D eigenvalue weighted by atomic mass is 16.5. The Morgan fingerprint density at radius 2 is 1.81 bits per heavy atom. The number of fused-ring (bicyclic) bond motifs is 5. The summed E-state index contributed by atoms with van der Waals surface area (Å²) in [4.78, 5) is 27.7. The third kappa shape index (κ3) is 5.15. The molecule has 1 fully saturated rings. The van der Waals surface area contributed by atoms with Gasteiger partial charge in [-0.3, -0.25) is 14.8 Å². The number of nitrogens with one attached hydrogen (secondary N) is 3. The molecular formula is C33H33N7O2. The smallest absolute Gasteiger partial charge is 0.251 e. The van der Waals surface area contributed by atoms with Crippen LogP contribution in [-0.2, 0) is 24.1 Å². The predicted octanol–water partition coefficient (Wildman–Crippen LogP) is 4.30. The number of hydrogen-bond donors (Lipinski definition) is 3. The second-order valence-electron chi connectivity index (χ2n) is 11.0. The third-order valence-electron chi connectivity index (χ3n) is 8.20. The third-order valence-corrected chi connectivity index (χ3v) is 8.20. The maximum absolute atomic E-state index is 12.8. The molecule has 3 N–H and O–H groups in total. The molecule has 0 spiro atoms. The Morgan fingerprint density at radius 3 is 2.60 bits per heavy atom. The summed E-state index contributed by atoms with van der Waals surface area (Å²) < 4.78 is 5.46. The van der Waals surface area contributed by atoms with Gasteiger partial charge >= 0.3 is 0 Å². The highest BCUT2D eigenvalue weighted by Crippen LogP contribution is 2.38. The van der Waals surface area contributed by atoms with Crippen molar-refractivity contribution in [2.75, 3.05) is 32.8 Å². The van der Waals surface area contributed by atoms with Crippen molar-refractivity contribution in [3.8, 4) is 23.1 Å². The SMILES string of the molecule is Cc1cnc(CNC(=O)c2ccc(-c3nc4ccc5n[nH]c(C#CCN6CCOCC6)c5c4c4c3CCCC4)cc2)[nH]1. The van der Waals surface area contributed by atoms with Crippen LogP contribution in [0.5, 0.6) is 0 Å². The molecule has 9 nitrogen and oxygen atoms in total. The van der Waals surface area contributed by atoms with Gasteiger partial charge in [-0.05, 0) is 73.9 Å². The van der Waals surface area contributed by atoms with Crippen LogP contribution in [-0.4, -0.2) is 68.8 Å². The molecule has 2 aromatic carbocycles. The van der Waals surface area contributed by atoms with Gasteiger partial charge in [0.05, 0.1) is 43.0 Å². The number of rotatable bonds is 5. The van der Waals surface area contributed by atoms with Gasteiger partial charge in [0.1, 0.15) is 11.5 Å². The van der Waals surface area contributed by atoms with E-state index in [0.717, 1.165) is 96.9 Å². The van der Waals surface area contributed by atoms with Crippen molar-refractivity contribution < 1.29 is 9.53 Å². The number of imidazole rings is 1. The summed E-state index contributed by atoms with van der Waals surface area (Å²) in [5, 5.41) is 13.0. The lowest BCUT2D eigenvalue weighted by atomic mass is 9.85. The number of ether oxygens (including phenoxy) is 1. The molecule has 7 rings (SSSR count). The zero-order valence-electron chi connectivity index (χ0n) is 23.7. The van der Waals surface area contributed by atoms with Crippen LogP contribution in [0.25, 0.3) is 33.1 Å². The number of carbonyl (C=O) groups is 1. The number of aryl methyl sites for hydroxylation is 2. The number of amides is 1. The Kier molecular flexibility index (Phi) is 7.16. The Bertz CT molecular complexity index is 1840. The van der Waals surface area contributed by atoms with E-state index in [1.807, 2.05) is 37.3 Å². The average molecular weight is 560 g/mol. The zero-order chi connectivity index (χ0) is 28.5. The number of aromatic nitrogens is 5. The minimum Gasteiger partial charge on any atom is -0.379 e. The summed E-state index contributed by atoms with van der Waals surface area (Å²) in [5.41, 5.74) is 8.95. The Balaban J connectivity index is 1.21. The summed E-state index contributed by atoms with van der Waals surface area (Å²) in [5.74, 6) is 7.34. The van der Waals surface area contributed by atoms with E-state index >= 15 is 0 Å². The number of carbonyl (C=O) groups excluding carboxylic acids is 1. The molecule has 5 aromatic rings. The molecule has 0 unspecified atom stereocenters. The molecule has 1 aliphatic carbocycles. The van der Waals surface area contributed by atoms with Crippen molar-refractivity contribution in [2.24, 2.45) is 0 Å². The van der Waals surface area contributed by atoms with Gasteiger partial charge in [-0.2, -0.15) is 5.10 Å².